The first kappa shape index (κ1) is 18.7. The maximum absolute atomic E-state index is 12.2. The highest BCUT2D eigenvalue weighted by atomic mass is 35.5. The molecule has 132 valence electrons. The molecule has 0 aromatic heterocycles. The number of nitrogens with two attached hydrogens (primary N) is 1. The van der Waals surface area contributed by atoms with E-state index >= 15 is 0 Å². The molecule has 0 saturated carbocycles. The predicted molar refractivity (Wildman–Crippen MR) is 94.2 cm³/mol. The van der Waals surface area contributed by atoms with Gasteiger partial charge in [-0.25, -0.2) is 0 Å². The summed E-state index contributed by atoms with van der Waals surface area (Å²) in [6.45, 7) is 5.02. The number of benzene rings is 1. The SMILES string of the molecule is CC(C)CNC(=O)c1ccc(NC(=O)[C@@H]2CC[C@H](CN)O2)cc1Cl. The molecule has 1 aliphatic heterocycles. The van der Waals surface area contributed by atoms with Gasteiger partial charge in [0.2, 0.25) is 0 Å². The van der Waals surface area contributed by atoms with Gasteiger partial charge in [0.15, 0.2) is 0 Å². The number of amides is 2. The summed E-state index contributed by atoms with van der Waals surface area (Å²) in [4.78, 5) is 24.3. The lowest BCUT2D eigenvalue weighted by Gasteiger charge is -2.14. The Morgan fingerprint density at radius 2 is 2.12 bits per heavy atom. The van der Waals surface area contributed by atoms with Crippen molar-refractivity contribution in [1.82, 2.24) is 5.32 Å². The number of carbonyl (C=O) groups excluding carboxylic acids is 2. The smallest absolute Gasteiger partial charge is 0.253 e. The lowest BCUT2D eigenvalue weighted by molar-refractivity contribution is -0.126. The van der Waals surface area contributed by atoms with Crippen molar-refractivity contribution in [3.8, 4) is 0 Å². The zero-order valence-corrected chi connectivity index (χ0v) is 14.7. The van der Waals surface area contributed by atoms with Crippen LogP contribution in [0.2, 0.25) is 5.02 Å². The van der Waals surface area contributed by atoms with E-state index in [4.69, 9.17) is 22.1 Å². The first-order valence-electron chi connectivity index (χ1n) is 8.14. The van der Waals surface area contributed by atoms with Gasteiger partial charge < -0.3 is 21.1 Å². The Morgan fingerprint density at radius 3 is 2.71 bits per heavy atom. The highest BCUT2D eigenvalue weighted by molar-refractivity contribution is 6.34. The average molecular weight is 354 g/mol. The Labute approximate surface area is 147 Å². The summed E-state index contributed by atoms with van der Waals surface area (Å²) < 4.78 is 5.56. The number of hydrogen-bond acceptors (Lipinski definition) is 4. The summed E-state index contributed by atoms with van der Waals surface area (Å²) in [7, 11) is 0. The van der Waals surface area contributed by atoms with Crippen LogP contribution in [0.4, 0.5) is 5.69 Å². The number of hydrogen-bond donors (Lipinski definition) is 3. The van der Waals surface area contributed by atoms with E-state index in [1.807, 2.05) is 13.8 Å². The van der Waals surface area contributed by atoms with Crippen molar-refractivity contribution in [2.45, 2.75) is 38.9 Å². The lowest BCUT2D eigenvalue weighted by atomic mass is 10.1. The summed E-state index contributed by atoms with van der Waals surface area (Å²) in [5.41, 5.74) is 6.46. The largest absolute Gasteiger partial charge is 0.364 e. The van der Waals surface area contributed by atoms with E-state index in [9.17, 15) is 9.59 Å². The third-order valence-corrected chi connectivity index (χ3v) is 4.13. The van der Waals surface area contributed by atoms with Crippen molar-refractivity contribution in [3.63, 3.8) is 0 Å². The minimum atomic E-state index is -0.494. The molecule has 2 atom stereocenters. The van der Waals surface area contributed by atoms with Crippen molar-refractivity contribution in [1.29, 1.82) is 0 Å². The Bertz CT molecular complexity index is 607. The van der Waals surface area contributed by atoms with E-state index in [1.165, 1.54) is 0 Å². The minimum absolute atomic E-state index is 0.0589. The fraction of sp³-hybridized carbons (Fsp3) is 0.529. The quantitative estimate of drug-likeness (QED) is 0.730. The van der Waals surface area contributed by atoms with Gasteiger partial charge in [-0.3, -0.25) is 9.59 Å². The van der Waals surface area contributed by atoms with Crippen molar-refractivity contribution >= 4 is 29.1 Å². The maximum atomic E-state index is 12.2. The van der Waals surface area contributed by atoms with Crippen LogP contribution in [-0.4, -0.2) is 37.1 Å². The number of ether oxygens (including phenoxy) is 1. The van der Waals surface area contributed by atoms with E-state index < -0.39 is 6.10 Å². The van der Waals surface area contributed by atoms with E-state index in [0.29, 0.717) is 41.7 Å². The van der Waals surface area contributed by atoms with Gasteiger partial charge in [-0.05, 0) is 37.0 Å². The Balaban J connectivity index is 1.96. The fourth-order valence-corrected chi connectivity index (χ4v) is 2.73. The molecular formula is C17H24ClN3O3. The van der Waals surface area contributed by atoms with Crippen molar-refractivity contribution in [3.05, 3.63) is 28.8 Å². The summed E-state index contributed by atoms with van der Waals surface area (Å²) in [6.07, 6.45) is 0.879. The summed E-state index contributed by atoms with van der Waals surface area (Å²) >= 11 is 6.17. The van der Waals surface area contributed by atoms with Crippen LogP contribution < -0.4 is 16.4 Å². The molecule has 0 spiro atoms. The van der Waals surface area contributed by atoms with Gasteiger partial charge in [0.1, 0.15) is 6.10 Å². The first-order chi connectivity index (χ1) is 11.4. The zero-order chi connectivity index (χ0) is 17.7. The van der Waals surface area contributed by atoms with E-state index in [2.05, 4.69) is 10.6 Å². The number of anilines is 1. The molecule has 0 radical (unpaired) electrons. The van der Waals surface area contributed by atoms with Crippen LogP contribution in [0.5, 0.6) is 0 Å². The lowest BCUT2D eigenvalue weighted by Crippen LogP contribution is -2.30. The Kier molecular flexibility index (Phi) is 6.60. The molecule has 1 heterocycles. The molecule has 1 saturated heterocycles. The van der Waals surface area contributed by atoms with Crippen LogP contribution >= 0.6 is 11.6 Å². The number of nitrogens with one attached hydrogen (secondary N) is 2. The second kappa shape index (κ2) is 8.46. The molecule has 4 N–H and O–H groups in total. The average Bonchev–Trinajstić information content (AvgIpc) is 3.02. The zero-order valence-electron chi connectivity index (χ0n) is 14.0. The highest BCUT2D eigenvalue weighted by Gasteiger charge is 2.29. The second-order valence-corrected chi connectivity index (χ2v) is 6.75. The molecule has 1 aliphatic rings. The van der Waals surface area contributed by atoms with Gasteiger partial charge in [-0.1, -0.05) is 25.4 Å². The molecule has 0 unspecified atom stereocenters. The summed E-state index contributed by atoms with van der Waals surface area (Å²) in [6, 6.07) is 4.83. The van der Waals surface area contributed by atoms with Crippen LogP contribution in [0, 0.1) is 5.92 Å². The molecule has 0 aliphatic carbocycles. The van der Waals surface area contributed by atoms with Crippen LogP contribution in [-0.2, 0) is 9.53 Å². The van der Waals surface area contributed by atoms with Crippen LogP contribution in [0.1, 0.15) is 37.0 Å². The highest BCUT2D eigenvalue weighted by Crippen LogP contribution is 2.23. The van der Waals surface area contributed by atoms with Gasteiger partial charge in [0.05, 0.1) is 16.7 Å². The number of halogens is 1. The number of carbonyl (C=O) groups is 2. The molecule has 1 aromatic carbocycles. The molecule has 2 amide bonds. The Hall–Kier alpha value is -1.63. The van der Waals surface area contributed by atoms with Crippen molar-refractivity contribution < 1.29 is 14.3 Å². The molecule has 2 rings (SSSR count). The van der Waals surface area contributed by atoms with Gasteiger partial charge >= 0.3 is 0 Å². The second-order valence-electron chi connectivity index (χ2n) is 6.35. The first-order valence-corrected chi connectivity index (χ1v) is 8.52. The van der Waals surface area contributed by atoms with Crippen LogP contribution in [0.3, 0.4) is 0 Å². The van der Waals surface area contributed by atoms with E-state index in [0.717, 1.165) is 6.42 Å². The molecule has 1 aromatic rings. The number of rotatable bonds is 6. The topological polar surface area (TPSA) is 93.5 Å². The molecule has 7 heteroatoms. The summed E-state index contributed by atoms with van der Waals surface area (Å²) in [5, 5.41) is 5.87. The molecular weight excluding hydrogens is 330 g/mol. The molecule has 1 fully saturated rings. The van der Waals surface area contributed by atoms with Gasteiger partial charge in [0, 0.05) is 18.8 Å². The van der Waals surface area contributed by atoms with Crippen molar-refractivity contribution in [2.75, 3.05) is 18.4 Å². The Morgan fingerprint density at radius 1 is 1.38 bits per heavy atom. The minimum Gasteiger partial charge on any atom is -0.364 e. The third kappa shape index (κ3) is 4.93. The fourth-order valence-electron chi connectivity index (χ4n) is 2.46. The van der Waals surface area contributed by atoms with Crippen molar-refractivity contribution in [2.24, 2.45) is 11.7 Å². The van der Waals surface area contributed by atoms with E-state index in [1.54, 1.807) is 18.2 Å². The monoisotopic (exact) mass is 353 g/mol. The van der Waals surface area contributed by atoms with Gasteiger partial charge in [0.25, 0.3) is 11.8 Å². The van der Waals surface area contributed by atoms with Crippen LogP contribution in [0.25, 0.3) is 0 Å². The van der Waals surface area contributed by atoms with E-state index in [-0.39, 0.29) is 17.9 Å². The standard InChI is InChI=1S/C17H24ClN3O3/c1-10(2)9-20-16(22)13-5-3-11(7-14(13)18)21-17(23)15-6-4-12(8-19)24-15/h3,5,7,10,12,15H,4,6,8-9,19H2,1-2H3,(H,20,22)(H,21,23)/t12-,15+/m1/s1. The van der Waals surface area contributed by atoms with Gasteiger partial charge in [-0.2, -0.15) is 0 Å². The predicted octanol–water partition coefficient (Wildman–Crippen LogP) is 2.17. The molecule has 24 heavy (non-hydrogen) atoms. The molecule has 6 nitrogen and oxygen atoms in total. The maximum Gasteiger partial charge on any atom is 0.253 e. The summed E-state index contributed by atoms with van der Waals surface area (Å²) in [5.74, 6) is -0.0921. The molecule has 0 bridgehead atoms. The normalized spacial score (nSPS) is 20.2. The third-order valence-electron chi connectivity index (χ3n) is 3.81. The van der Waals surface area contributed by atoms with Gasteiger partial charge in [-0.15, -0.1) is 0 Å². The van der Waals surface area contributed by atoms with Crippen LogP contribution in [0.15, 0.2) is 18.2 Å².